The first kappa shape index (κ1) is 12.3. The molecule has 0 saturated carbocycles. The monoisotopic (exact) mass is 189 g/mol. The number of carbonyl (C=O) groups excluding carboxylic acids is 2. The summed E-state index contributed by atoms with van der Waals surface area (Å²) in [6.45, 7) is -0.383. The van der Waals surface area contributed by atoms with Crippen molar-refractivity contribution in [1.82, 2.24) is 5.48 Å². The molecule has 0 atom stereocenters. The van der Waals surface area contributed by atoms with Crippen LogP contribution < -0.4 is 5.48 Å². The van der Waals surface area contributed by atoms with E-state index in [2.05, 4.69) is 0 Å². The van der Waals surface area contributed by atoms with Crippen molar-refractivity contribution in [3.63, 3.8) is 0 Å². The van der Waals surface area contributed by atoms with Crippen LogP contribution in [0.5, 0.6) is 0 Å². The smallest absolute Gasteiger partial charge is 0.310 e. The molecule has 0 spiro atoms. The number of Topliss-reactive ketones (excluding diaryl/α,β-unsaturated/α-hetero) is 1. The molecule has 5 nitrogen and oxygen atoms in total. The largest absolute Gasteiger partial charge is 0.396 e. The molecular formula is C4H7FeNO4. The number of hydrogen-bond acceptors (Lipinski definition) is 4. The Morgan fingerprint density at radius 1 is 1.40 bits per heavy atom. The second-order valence-electron chi connectivity index (χ2n) is 1.34. The van der Waals surface area contributed by atoms with Gasteiger partial charge in [0.05, 0.1) is 6.61 Å². The average Bonchev–Trinajstić information content (AvgIpc) is 1.87. The Balaban J connectivity index is 0. The van der Waals surface area contributed by atoms with E-state index in [0.29, 0.717) is 0 Å². The normalized spacial score (nSPS) is 7.80. The van der Waals surface area contributed by atoms with Gasteiger partial charge in [-0.1, -0.05) is 0 Å². The number of amides is 1. The SMILES string of the molecule is O=C(CCO)C(=O)NO.[Fe]. The van der Waals surface area contributed by atoms with Gasteiger partial charge in [-0.15, -0.1) is 0 Å². The van der Waals surface area contributed by atoms with Gasteiger partial charge in [-0.3, -0.25) is 14.8 Å². The molecule has 0 bridgehead atoms. The van der Waals surface area contributed by atoms with Crippen molar-refractivity contribution in [2.24, 2.45) is 0 Å². The van der Waals surface area contributed by atoms with Gasteiger partial charge < -0.3 is 5.11 Å². The molecule has 0 saturated heterocycles. The Hall–Kier alpha value is -0.421. The number of carbonyl (C=O) groups is 2. The van der Waals surface area contributed by atoms with Crippen LogP contribution >= 0.6 is 0 Å². The first-order valence-corrected chi connectivity index (χ1v) is 2.30. The van der Waals surface area contributed by atoms with Gasteiger partial charge in [0.1, 0.15) is 0 Å². The molecule has 3 N–H and O–H groups in total. The first-order chi connectivity index (χ1) is 4.22. The Kier molecular flexibility index (Phi) is 8.22. The zero-order valence-electron chi connectivity index (χ0n) is 4.98. The number of nitrogens with one attached hydrogen (secondary N) is 1. The standard InChI is InChI=1S/C4H7NO4.Fe/c6-2-1-3(7)4(8)5-9;/h6,9H,1-2H2,(H,5,8);. The maximum atomic E-state index is 10.2. The Morgan fingerprint density at radius 2 is 1.90 bits per heavy atom. The predicted molar refractivity (Wildman–Crippen MR) is 26.6 cm³/mol. The molecule has 0 heterocycles. The van der Waals surface area contributed by atoms with Crippen LogP contribution in [0, 0.1) is 0 Å². The number of aliphatic hydroxyl groups excluding tert-OH is 1. The van der Waals surface area contributed by atoms with Gasteiger partial charge in [0.25, 0.3) is 0 Å². The molecule has 0 unspecified atom stereocenters. The number of rotatable bonds is 3. The average molecular weight is 189 g/mol. The minimum atomic E-state index is -1.09. The molecule has 0 aliphatic heterocycles. The van der Waals surface area contributed by atoms with Crippen molar-refractivity contribution in [1.29, 1.82) is 0 Å². The molecule has 10 heavy (non-hydrogen) atoms. The molecule has 0 rings (SSSR count). The van der Waals surface area contributed by atoms with Crippen molar-refractivity contribution in [3.05, 3.63) is 0 Å². The summed E-state index contributed by atoms with van der Waals surface area (Å²) in [5.74, 6) is -1.93. The molecule has 0 aliphatic carbocycles. The molecule has 0 aromatic rings. The second-order valence-corrected chi connectivity index (χ2v) is 1.34. The number of ketones is 1. The van der Waals surface area contributed by atoms with E-state index in [9.17, 15) is 9.59 Å². The fourth-order valence-corrected chi connectivity index (χ4v) is 0.277. The van der Waals surface area contributed by atoms with Gasteiger partial charge in [-0.25, -0.2) is 5.48 Å². The van der Waals surface area contributed by atoms with Gasteiger partial charge in [-0.2, -0.15) is 0 Å². The summed E-state index contributed by atoms with van der Waals surface area (Å²) < 4.78 is 0. The van der Waals surface area contributed by atoms with Crippen molar-refractivity contribution >= 4 is 11.7 Å². The summed E-state index contributed by atoms with van der Waals surface area (Å²) in [6, 6.07) is 0. The topological polar surface area (TPSA) is 86.6 Å². The number of hydroxylamine groups is 1. The van der Waals surface area contributed by atoms with Crippen molar-refractivity contribution in [2.75, 3.05) is 6.61 Å². The van der Waals surface area contributed by atoms with Crippen LogP contribution in [0.2, 0.25) is 0 Å². The van der Waals surface area contributed by atoms with E-state index in [0.717, 1.165) is 5.48 Å². The maximum Gasteiger partial charge on any atom is 0.310 e. The van der Waals surface area contributed by atoms with Gasteiger partial charge in [0.15, 0.2) is 0 Å². The number of hydrogen-bond donors (Lipinski definition) is 3. The summed E-state index contributed by atoms with van der Waals surface area (Å²) >= 11 is 0. The molecule has 0 radical (unpaired) electrons. The van der Waals surface area contributed by atoms with E-state index in [-0.39, 0.29) is 30.1 Å². The van der Waals surface area contributed by atoms with Gasteiger partial charge in [0.2, 0.25) is 5.78 Å². The third-order valence-electron chi connectivity index (χ3n) is 0.694. The first-order valence-electron chi connectivity index (χ1n) is 2.30. The van der Waals surface area contributed by atoms with Gasteiger partial charge in [-0.05, 0) is 0 Å². The fraction of sp³-hybridized carbons (Fsp3) is 0.500. The summed E-state index contributed by atoms with van der Waals surface area (Å²) in [4.78, 5) is 20.3. The predicted octanol–water partition coefficient (Wildman–Crippen LogP) is -1.56. The number of aliphatic hydroxyl groups is 1. The zero-order valence-corrected chi connectivity index (χ0v) is 6.08. The van der Waals surface area contributed by atoms with Crippen molar-refractivity contribution in [3.8, 4) is 0 Å². The van der Waals surface area contributed by atoms with Gasteiger partial charge in [0, 0.05) is 23.5 Å². The fourth-order valence-electron chi connectivity index (χ4n) is 0.277. The molecule has 1 amide bonds. The van der Waals surface area contributed by atoms with Crippen LogP contribution in [0.15, 0.2) is 0 Å². The summed E-state index contributed by atoms with van der Waals surface area (Å²) in [7, 11) is 0. The van der Waals surface area contributed by atoms with Crippen LogP contribution in [-0.2, 0) is 26.7 Å². The van der Waals surface area contributed by atoms with Crippen LogP contribution in [-0.4, -0.2) is 28.6 Å². The van der Waals surface area contributed by atoms with Crippen LogP contribution in [0.3, 0.4) is 0 Å². The zero-order chi connectivity index (χ0) is 7.28. The molecule has 60 valence electrons. The second kappa shape index (κ2) is 6.70. The third kappa shape index (κ3) is 4.46. The van der Waals surface area contributed by atoms with E-state index < -0.39 is 11.7 Å². The summed E-state index contributed by atoms with van der Waals surface area (Å²) in [6.07, 6.45) is -0.258. The maximum absolute atomic E-state index is 10.2. The van der Waals surface area contributed by atoms with E-state index in [1.165, 1.54) is 0 Å². The van der Waals surface area contributed by atoms with Crippen LogP contribution in [0.25, 0.3) is 0 Å². The van der Waals surface area contributed by atoms with Gasteiger partial charge >= 0.3 is 5.91 Å². The molecule has 0 aliphatic rings. The Labute approximate surface area is 67.8 Å². The molecular weight excluding hydrogens is 182 g/mol. The Bertz CT molecular complexity index is 126. The van der Waals surface area contributed by atoms with E-state index in [4.69, 9.17) is 10.3 Å². The van der Waals surface area contributed by atoms with E-state index in [1.807, 2.05) is 0 Å². The molecule has 0 aromatic heterocycles. The quantitative estimate of drug-likeness (QED) is 0.217. The molecule has 6 heteroatoms. The minimum Gasteiger partial charge on any atom is -0.396 e. The van der Waals surface area contributed by atoms with Crippen LogP contribution in [0.4, 0.5) is 0 Å². The third-order valence-corrected chi connectivity index (χ3v) is 0.694. The van der Waals surface area contributed by atoms with E-state index >= 15 is 0 Å². The molecule has 0 fully saturated rings. The van der Waals surface area contributed by atoms with Crippen molar-refractivity contribution in [2.45, 2.75) is 6.42 Å². The minimum absolute atomic E-state index is 0. The molecule has 0 aromatic carbocycles. The van der Waals surface area contributed by atoms with E-state index in [1.54, 1.807) is 0 Å². The summed E-state index contributed by atoms with van der Waals surface area (Å²) in [5.41, 5.74) is 1.15. The summed E-state index contributed by atoms with van der Waals surface area (Å²) in [5, 5.41) is 15.9. The van der Waals surface area contributed by atoms with Crippen molar-refractivity contribution < 1.29 is 37.0 Å². The van der Waals surface area contributed by atoms with Crippen LogP contribution in [0.1, 0.15) is 6.42 Å². The Morgan fingerprint density at radius 3 is 2.20 bits per heavy atom.